The molecule has 2 rings (SSSR count). The topological polar surface area (TPSA) is 113 Å². The first-order valence-corrected chi connectivity index (χ1v) is 9.30. The third-order valence-corrected chi connectivity index (χ3v) is 5.83. The molecule has 4 N–H and O–H groups in total. The van der Waals surface area contributed by atoms with E-state index in [9.17, 15) is 19.5 Å². The van der Waals surface area contributed by atoms with Crippen LogP contribution >= 0.6 is 11.8 Å². The molecule has 3 unspecified atom stereocenters. The predicted molar refractivity (Wildman–Crippen MR) is 103 cm³/mol. The van der Waals surface area contributed by atoms with Crippen molar-refractivity contribution in [2.75, 3.05) is 12.4 Å². The second-order valence-corrected chi connectivity index (χ2v) is 7.64. The van der Waals surface area contributed by atoms with Gasteiger partial charge in [-0.2, -0.15) is 0 Å². The fraction of sp³-hybridized carbons (Fsp3) is 0.368. The number of thioether (sulfide) groups is 1. The molecule has 0 aliphatic carbocycles. The van der Waals surface area contributed by atoms with Crippen molar-refractivity contribution in [3.63, 3.8) is 0 Å². The fourth-order valence-corrected chi connectivity index (χ4v) is 4.03. The molecule has 1 saturated heterocycles. The summed E-state index contributed by atoms with van der Waals surface area (Å²) in [7, 11) is 0. The van der Waals surface area contributed by atoms with E-state index in [1.165, 1.54) is 18.2 Å². The molecule has 0 aromatic heterocycles. The second kappa shape index (κ2) is 8.93. The minimum absolute atomic E-state index is 0.0421. The maximum atomic E-state index is 12.7. The summed E-state index contributed by atoms with van der Waals surface area (Å²) in [4.78, 5) is 38.4. The lowest BCUT2D eigenvalue weighted by atomic mass is 9.97. The Hall–Kier alpha value is -2.50. The highest BCUT2D eigenvalue weighted by molar-refractivity contribution is 8.01. The summed E-state index contributed by atoms with van der Waals surface area (Å²) in [6.45, 7) is 1.47. The minimum atomic E-state index is -1.41. The average molecular weight is 388 g/mol. The van der Waals surface area contributed by atoms with Crippen molar-refractivity contribution in [1.29, 1.82) is 0 Å². The smallest absolute Gasteiger partial charge is 0.253 e. The van der Waals surface area contributed by atoms with E-state index < -0.39 is 34.6 Å². The van der Waals surface area contributed by atoms with Gasteiger partial charge in [-0.25, -0.2) is 0 Å². The van der Waals surface area contributed by atoms with Gasteiger partial charge in [0.1, 0.15) is 16.9 Å². The van der Waals surface area contributed by atoms with E-state index in [0.29, 0.717) is 6.42 Å². The van der Waals surface area contributed by atoms with Crippen molar-refractivity contribution in [1.82, 2.24) is 10.2 Å². The molecule has 0 spiro atoms. The number of aliphatic hydroxyl groups excluding tert-OH is 1. The minimum Gasteiger partial charge on any atom is -0.383 e. The number of hydrogen-bond donors (Lipinski definition) is 3. The van der Waals surface area contributed by atoms with Crippen molar-refractivity contribution < 1.29 is 19.5 Å². The van der Waals surface area contributed by atoms with Crippen LogP contribution in [0.5, 0.6) is 0 Å². The number of amides is 3. The highest BCUT2D eigenvalue weighted by Crippen LogP contribution is 2.40. The Morgan fingerprint density at radius 1 is 1.48 bits per heavy atom. The molecule has 1 aliphatic rings. The van der Waals surface area contributed by atoms with Crippen LogP contribution < -0.4 is 11.1 Å². The van der Waals surface area contributed by atoms with Gasteiger partial charge in [-0.05, 0) is 18.9 Å². The number of nitrogens with one attached hydrogen (secondary N) is 1. The van der Waals surface area contributed by atoms with E-state index in [2.05, 4.69) is 11.2 Å². The Kier molecular flexibility index (Phi) is 6.88. The summed E-state index contributed by atoms with van der Waals surface area (Å²) >= 11 is 1.08. The van der Waals surface area contributed by atoms with E-state index in [1.54, 1.807) is 0 Å². The quantitative estimate of drug-likeness (QED) is 0.555. The van der Waals surface area contributed by atoms with Crippen LogP contribution in [0.3, 0.4) is 0 Å². The van der Waals surface area contributed by atoms with Crippen molar-refractivity contribution >= 4 is 29.5 Å². The molecule has 7 nitrogen and oxygen atoms in total. The van der Waals surface area contributed by atoms with Gasteiger partial charge in [-0.3, -0.25) is 14.4 Å². The second-order valence-electron chi connectivity index (χ2n) is 6.25. The molecule has 1 radical (unpaired) electrons. The van der Waals surface area contributed by atoms with Crippen LogP contribution in [0.25, 0.3) is 0 Å². The molecular formula is C19H22N3O4S. The number of terminal acetylenes is 1. The molecule has 143 valence electrons. The fourth-order valence-electron chi connectivity index (χ4n) is 2.81. The third-order valence-electron chi connectivity index (χ3n) is 4.39. The molecule has 1 aliphatic heterocycles. The number of primary amides is 1. The van der Waals surface area contributed by atoms with Gasteiger partial charge in [-0.15, -0.1) is 18.2 Å². The Balaban J connectivity index is 2.13. The average Bonchev–Trinajstić information content (AvgIpc) is 3.03. The zero-order valence-electron chi connectivity index (χ0n) is 14.9. The molecule has 1 aromatic carbocycles. The van der Waals surface area contributed by atoms with Crippen LogP contribution in [0.2, 0.25) is 0 Å². The molecule has 3 amide bonds. The van der Waals surface area contributed by atoms with Gasteiger partial charge in [0.15, 0.2) is 0 Å². The maximum Gasteiger partial charge on any atom is 0.253 e. The van der Waals surface area contributed by atoms with Crippen molar-refractivity contribution in [2.45, 2.75) is 30.2 Å². The van der Waals surface area contributed by atoms with Crippen LogP contribution in [0.1, 0.15) is 12.5 Å². The molecule has 0 bridgehead atoms. The summed E-state index contributed by atoms with van der Waals surface area (Å²) in [5, 5.41) is 12.8. The van der Waals surface area contributed by atoms with Crippen LogP contribution in [0.4, 0.5) is 0 Å². The van der Waals surface area contributed by atoms with Gasteiger partial charge in [0.2, 0.25) is 11.8 Å². The first-order chi connectivity index (χ1) is 12.8. The van der Waals surface area contributed by atoms with E-state index in [4.69, 9.17) is 12.2 Å². The number of benzene rings is 1. The summed E-state index contributed by atoms with van der Waals surface area (Å²) in [6, 6.07) is 8.19. The number of nitrogens with two attached hydrogens (primary N) is 1. The highest BCUT2D eigenvalue weighted by atomic mass is 32.2. The van der Waals surface area contributed by atoms with Gasteiger partial charge in [-0.1, -0.05) is 36.3 Å². The Morgan fingerprint density at radius 3 is 2.74 bits per heavy atom. The number of nitrogens with zero attached hydrogens (tertiary/aromatic N) is 1. The largest absolute Gasteiger partial charge is 0.383 e. The third kappa shape index (κ3) is 4.62. The number of aliphatic hydroxyl groups is 1. The number of hydrogen-bond acceptors (Lipinski definition) is 5. The maximum absolute atomic E-state index is 12.7. The lowest BCUT2D eigenvalue weighted by Crippen LogP contribution is -2.59. The molecule has 1 heterocycles. The zero-order valence-corrected chi connectivity index (χ0v) is 15.7. The number of rotatable bonds is 7. The van der Waals surface area contributed by atoms with Crippen molar-refractivity contribution in [3.8, 4) is 12.3 Å². The van der Waals surface area contributed by atoms with Gasteiger partial charge < -0.3 is 21.1 Å². The Labute approximate surface area is 162 Å². The number of carbonyl (C=O) groups excluding carboxylic acids is 3. The van der Waals surface area contributed by atoms with E-state index in [0.717, 1.165) is 17.3 Å². The molecule has 1 aromatic rings. The first-order valence-electron chi connectivity index (χ1n) is 8.32. The van der Waals surface area contributed by atoms with E-state index in [1.807, 2.05) is 30.3 Å². The SMILES string of the molecule is C#CCNC(=O)C1N(C(=O)C(O)[CH]Cc2ccccc2)CSC1(C)C(N)=O. The van der Waals surface area contributed by atoms with E-state index >= 15 is 0 Å². The van der Waals surface area contributed by atoms with Crippen LogP contribution in [-0.4, -0.2) is 57.0 Å². The summed E-state index contributed by atoms with van der Waals surface area (Å²) < 4.78 is -1.31. The van der Waals surface area contributed by atoms with E-state index in [-0.39, 0.29) is 12.4 Å². The molecule has 8 heteroatoms. The molecule has 27 heavy (non-hydrogen) atoms. The Morgan fingerprint density at radius 2 is 2.15 bits per heavy atom. The van der Waals surface area contributed by atoms with Gasteiger partial charge in [0, 0.05) is 6.42 Å². The van der Waals surface area contributed by atoms with Gasteiger partial charge >= 0.3 is 0 Å². The lowest BCUT2D eigenvalue weighted by Gasteiger charge is -2.31. The monoisotopic (exact) mass is 388 g/mol. The standard InChI is InChI=1S/C19H22N3O4S/c1-3-11-21-16(24)15-19(2,18(20)26)27-12-22(15)17(25)14(23)10-9-13-7-5-4-6-8-13/h1,4-8,10,14-15,23H,9,11-12H2,2H3,(H2,20,26)(H,21,24). The Bertz CT molecular complexity index is 749. The van der Waals surface area contributed by atoms with Gasteiger partial charge in [0.05, 0.1) is 12.4 Å². The van der Waals surface area contributed by atoms with Crippen LogP contribution in [-0.2, 0) is 20.8 Å². The summed E-state index contributed by atoms with van der Waals surface area (Å²) in [5.74, 6) is 0.369. The first kappa shape index (κ1) is 20.8. The van der Waals surface area contributed by atoms with Crippen molar-refractivity contribution in [2.24, 2.45) is 5.73 Å². The summed E-state index contributed by atoms with van der Waals surface area (Å²) in [5.41, 5.74) is 6.41. The molecule has 0 saturated carbocycles. The molecular weight excluding hydrogens is 366 g/mol. The number of carbonyl (C=O) groups is 3. The molecule has 1 fully saturated rings. The zero-order chi connectivity index (χ0) is 20.0. The normalized spacial score (nSPS) is 22.7. The van der Waals surface area contributed by atoms with Crippen LogP contribution in [0, 0.1) is 18.8 Å². The van der Waals surface area contributed by atoms with Crippen LogP contribution in [0.15, 0.2) is 30.3 Å². The van der Waals surface area contributed by atoms with Crippen molar-refractivity contribution in [3.05, 3.63) is 42.3 Å². The lowest BCUT2D eigenvalue weighted by molar-refractivity contribution is -0.146. The predicted octanol–water partition coefficient (Wildman–Crippen LogP) is -0.311. The molecule has 3 atom stereocenters. The highest BCUT2D eigenvalue weighted by Gasteiger charge is 2.55. The summed E-state index contributed by atoms with van der Waals surface area (Å²) in [6.07, 6.45) is 5.58. The van der Waals surface area contributed by atoms with Gasteiger partial charge in [0.25, 0.3) is 5.91 Å².